The molecule has 0 spiro atoms. The van der Waals surface area contributed by atoms with E-state index in [2.05, 4.69) is 37.9 Å². The standard InChI is InChI=1S/C27H28N2O6/c1-17-13-23(33-12-11-30)14-18(2)25(17)24-6-4-5-21(19(24)3)16-34-22-9-7-20(8-10-22)15-29-26(31)28-27(32)35-29/h4-10,13-14,30H,11-12,15-16H2,1-3H3,(H,28,31,32). The van der Waals surface area contributed by atoms with Gasteiger partial charge in [0, 0.05) is 0 Å². The van der Waals surface area contributed by atoms with Crippen molar-refractivity contribution in [3.05, 3.63) is 103 Å². The molecule has 4 aromatic rings. The first-order chi connectivity index (χ1) is 16.9. The number of aromatic amines is 1. The molecule has 3 aromatic carbocycles. The number of aliphatic hydroxyl groups excluding tert-OH is 1. The molecule has 4 rings (SSSR count). The van der Waals surface area contributed by atoms with Gasteiger partial charge < -0.3 is 19.1 Å². The van der Waals surface area contributed by atoms with Gasteiger partial charge in [-0.05, 0) is 84.0 Å². The SMILES string of the molecule is Cc1cc(OCCO)cc(C)c1-c1cccc(COc2ccc(Cn3oc(=O)[nH]c3=O)cc2)c1C. The maximum atomic E-state index is 11.6. The maximum absolute atomic E-state index is 11.6. The number of hydrogen-bond acceptors (Lipinski definition) is 6. The lowest BCUT2D eigenvalue weighted by atomic mass is 9.90. The molecule has 0 saturated carbocycles. The van der Waals surface area contributed by atoms with Crippen LogP contribution in [0, 0.1) is 20.8 Å². The lowest BCUT2D eigenvalue weighted by Crippen LogP contribution is -2.17. The molecule has 0 unspecified atom stereocenters. The predicted octanol–water partition coefficient (Wildman–Crippen LogP) is 3.72. The van der Waals surface area contributed by atoms with Crippen LogP contribution < -0.4 is 20.9 Å². The molecule has 0 aliphatic heterocycles. The Morgan fingerprint density at radius 3 is 2.29 bits per heavy atom. The summed E-state index contributed by atoms with van der Waals surface area (Å²) in [6.45, 7) is 7.02. The van der Waals surface area contributed by atoms with E-state index in [1.807, 2.05) is 42.5 Å². The van der Waals surface area contributed by atoms with Crippen molar-refractivity contribution in [2.24, 2.45) is 0 Å². The molecular formula is C27H28N2O6. The van der Waals surface area contributed by atoms with Gasteiger partial charge in [-0.2, -0.15) is 0 Å². The topological polar surface area (TPSA) is 107 Å². The third-order valence-corrected chi connectivity index (χ3v) is 5.85. The van der Waals surface area contributed by atoms with Crippen molar-refractivity contribution in [3.8, 4) is 22.6 Å². The van der Waals surface area contributed by atoms with Crippen molar-refractivity contribution < 1.29 is 19.1 Å². The molecule has 8 nitrogen and oxygen atoms in total. The van der Waals surface area contributed by atoms with Gasteiger partial charge in [0.1, 0.15) is 24.7 Å². The van der Waals surface area contributed by atoms with Gasteiger partial charge in [0.25, 0.3) is 0 Å². The van der Waals surface area contributed by atoms with Gasteiger partial charge in [0.05, 0.1) is 13.2 Å². The first-order valence-electron chi connectivity index (χ1n) is 11.3. The second-order valence-electron chi connectivity index (χ2n) is 8.37. The van der Waals surface area contributed by atoms with Gasteiger partial charge in [-0.15, -0.1) is 4.74 Å². The van der Waals surface area contributed by atoms with Crippen LogP contribution in [0.2, 0.25) is 0 Å². The molecule has 0 amide bonds. The van der Waals surface area contributed by atoms with Crippen molar-refractivity contribution in [2.45, 2.75) is 33.9 Å². The average molecular weight is 477 g/mol. The molecule has 1 aromatic heterocycles. The summed E-state index contributed by atoms with van der Waals surface area (Å²) in [6.07, 6.45) is 0. The predicted molar refractivity (Wildman–Crippen MR) is 132 cm³/mol. The molecule has 35 heavy (non-hydrogen) atoms. The van der Waals surface area contributed by atoms with E-state index in [1.165, 1.54) is 0 Å². The number of H-pyrrole nitrogens is 1. The Kier molecular flexibility index (Phi) is 7.22. The van der Waals surface area contributed by atoms with Crippen LogP contribution in [0.15, 0.2) is 68.7 Å². The third kappa shape index (κ3) is 5.55. The maximum Gasteiger partial charge on any atom is 0.440 e. The fraction of sp³-hybridized carbons (Fsp3) is 0.259. The van der Waals surface area contributed by atoms with Crippen LogP contribution in [-0.2, 0) is 13.2 Å². The number of rotatable bonds is 9. The highest BCUT2D eigenvalue weighted by atomic mass is 16.5. The van der Waals surface area contributed by atoms with Crippen molar-refractivity contribution in [1.82, 2.24) is 9.72 Å². The van der Waals surface area contributed by atoms with Crippen LogP contribution >= 0.6 is 0 Å². The summed E-state index contributed by atoms with van der Waals surface area (Å²) in [6, 6.07) is 17.5. The van der Waals surface area contributed by atoms with E-state index in [0.717, 1.165) is 49.4 Å². The van der Waals surface area contributed by atoms with E-state index >= 15 is 0 Å². The average Bonchev–Trinajstić information content (AvgIpc) is 3.14. The number of ether oxygens (including phenoxy) is 2. The second-order valence-corrected chi connectivity index (χ2v) is 8.37. The van der Waals surface area contributed by atoms with Crippen molar-refractivity contribution >= 4 is 0 Å². The zero-order valence-corrected chi connectivity index (χ0v) is 20.0. The highest BCUT2D eigenvalue weighted by Crippen LogP contribution is 2.34. The summed E-state index contributed by atoms with van der Waals surface area (Å²) >= 11 is 0. The van der Waals surface area contributed by atoms with Crippen LogP contribution in [0.5, 0.6) is 11.5 Å². The normalized spacial score (nSPS) is 11.0. The zero-order valence-electron chi connectivity index (χ0n) is 20.0. The first kappa shape index (κ1) is 24.1. The van der Waals surface area contributed by atoms with E-state index in [0.29, 0.717) is 12.4 Å². The first-order valence-corrected chi connectivity index (χ1v) is 11.3. The van der Waals surface area contributed by atoms with Crippen LogP contribution in [0.3, 0.4) is 0 Å². The molecule has 0 bridgehead atoms. The fourth-order valence-corrected chi connectivity index (χ4v) is 4.14. The van der Waals surface area contributed by atoms with Crippen LogP contribution in [-0.4, -0.2) is 28.0 Å². The smallest absolute Gasteiger partial charge is 0.440 e. The summed E-state index contributed by atoms with van der Waals surface area (Å²) in [5.74, 6) is 0.671. The minimum Gasteiger partial charge on any atom is -0.491 e. The van der Waals surface area contributed by atoms with Crippen molar-refractivity contribution in [3.63, 3.8) is 0 Å². The number of benzene rings is 3. The molecule has 182 valence electrons. The van der Waals surface area contributed by atoms with E-state index in [1.54, 1.807) is 0 Å². The van der Waals surface area contributed by atoms with Gasteiger partial charge in [0.2, 0.25) is 0 Å². The van der Waals surface area contributed by atoms with Gasteiger partial charge in [-0.3, -0.25) is 0 Å². The Morgan fingerprint density at radius 2 is 1.66 bits per heavy atom. The van der Waals surface area contributed by atoms with Crippen molar-refractivity contribution in [1.29, 1.82) is 0 Å². The Balaban J connectivity index is 1.48. The Morgan fingerprint density at radius 1 is 0.943 bits per heavy atom. The lowest BCUT2D eigenvalue weighted by Gasteiger charge is -2.18. The highest BCUT2D eigenvalue weighted by molar-refractivity contribution is 5.75. The minimum atomic E-state index is -0.774. The molecular weight excluding hydrogens is 448 g/mol. The number of aliphatic hydroxyl groups is 1. The molecule has 8 heteroatoms. The number of aryl methyl sites for hydroxylation is 2. The van der Waals surface area contributed by atoms with E-state index in [-0.39, 0.29) is 19.8 Å². The number of hydrogen-bond donors (Lipinski definition) is 2. The molecule has 0 radical (unpaired) electrons. The lowest BCUT2D eigenvalue weighted by molar-refractivity contribution is 0.201. The molecule has 0 aliphatic carbocycles. The summed E-state index contributed by atoms with van der Waals surface area (Å²) in [5, 5.41) is 9.02. The molecule has 0 saturated heterocycles. The fourth-order valence-electron chi connectivity index (χ4n) is 4.14. The van der Waals surface area contributed by atoms with E-state index in [9.17, 15) is 9.59 Å². The molecule has 1 heterocycles. The number of nitrogens with one attached hydrogen (secondary N) is 1. The summed E-state index contributed by atoms with van der Waals surface area (Å²) < 4.78 is 17.4. The van der Waals surface area contributed by atoms with E-state index in [4.69, 9.17) is 19.1 Å². The minimum absolute atomic E-state index is 0.0191. The second kappa shape index (κ2) is 10.5. The molecule has 0 aliphatic rings. The van der Waals surface area contributed by atoms with Gasteiger partial charge in [-0.1, -0.05) is 30.3 Å². The van der Waals surface area contributed by atoms with E-state index < -0.39 is 11.4 Å². The van der Waals surface area contributed by atoms with Crippen LogP contribution in [0.25, 0.3) is 11.1 Å². The summed E-state index contributed by atoms with van der Waals surface area (Å²) in [5.41, 5.74) is 6.95. The molecule has 2 N–H and O–H groups in total. The quantitative estimate of drug-likeness (QED) is 0.381. The van der Waals surface area contributed by atoms with Crippen LogP contribution in [0.4, 0.5) is 0 Å². The number of aromatic nitrogens is 2. The summed E-state index contributed by atoms with van der Waals surface area (Å²) in [7, 11) is 0. The molecule has 0 atom stereocenters. The zero-order chi connectivity index (χ0) is 24.9. The number of nitrogens with zero attached hydrogens (tertiary/aromatic N) is 1. The monoisotopic (exact) mass is 476 g/mol. The Bertz CT molecular complexity index is 1410. The highest BCUT2D eigenvalue weighted by Gasteiger charge is 2.13. The van der Waals surface area contributed by atoms with Gasteiger partial charge in [0.15, 0.2) is 0 Å². The van der Waals surface area contributed by atoms with Gasteiger partial charge >= 0.3 is 11.4 Å². The molecule has 0 fully saturated rings. The van der Waals surface area contributed by atoms with Crippen LogP contribution in [0.1, 0.15) is 27.8 Å². The summed E-state index contributed by atoms with van der Waals surface area (Å²) in [4.78, 5) is 24.8. The largest absolute Gasteiger partial charge is 0.491 e. The third-order valence-electron chi connectivity index (χ3n) is 5.85. The van der Waals surface area contributed by atoms with Gasteiger partial charge in [-0.25, -0.2) is 14.6 Å². The Hall–Kier alpha value is -4.04. The Labute approximate surface area is 202 Å². The van der Waals surface area contributed by atoms with Crippen molar-refractivity contribution in [2.75, 3.05) is 13.2 Å².